The van der Waals surface area contributed by atoms with Gasteiger partial charge in [0.1, 0.15) is 12.6 Å². The second-order valence-corrected chi connectivity index (χ2v) is 12.4. The maximum Gasteiger partial charge on any atom is 0.407 e. The number of hydrogen-bond donors (Lipinski definition) is 2. The van der Waals surface area contributed by atoms with Crippen LogP contribution in [0, 0.1) is 12.8 Å². The van der Waals surface area contributed by atoms with Gasteiger partial charge in [0.2, 0.25) is 0 Å². The highest BCUT2D eigenvalue weighted by Gasteiger charge is 2.24. The van der Waals surface area contributed by atoms with Gasteiger partial charge >= 0.3 is 12.1 Å². The lowest BCUT2D eigenvalue weighted by molar-refractivity contribution is -0.143. The first-order chi connectivity index (χ1) is 22.3. The summed E-state index contributed by atoms with van der Waals surface area (Å²) < 4.78 is 10.3. The van der Waals surface area contributed by atoms with E-state index in [0.717, 1.165) is 46.8 Å². The minimum absolute atomic E-state index is 0.173. The van der Waals surface area contributed by atoms with E-state index in [2.05, 4.69) is 28.6 Å². The molecule has 2 amide bonds. The Bertz CT molecular complexity index is 1420. The van der Waals surface area contributed by atoms with Crippen LogP contribution >= 0.6 is 0 Å². The summed E-state index contributed by atoms with van der Waals surface area (Å²) in [5.74, 6) is -0.0495. The zero-order valence-corrected chi connectivity index (χ0v) is 27.6. The largest absolute Gasteiger partial charge is 0.467 e. The van der Waals surface area contributed by atoms with E-state index < -0.39 is 18.1 Å². The summed E-state index contributed by atoms with van der Waals surface area (Å²) in [6, 6.07) is 22.6. The molecule has 2 N–H and O–H groups in total. The van der Waals surface area contributed by atoms with Gasteiger partial charge in [-0.1, -0.05) is 92.8 Å². The molecule has 1 aliphatic carbocycles. The number of aryl methyl sites for hydroxylation is 1. The SMILES string of the molecule is COC(=O)[C@H](CCCNC(=O)OCc1ccccc1)NC(=O)c1ccc(CN(C)CCC2CCCCC2)cc1-c1ccccc1C. The molecule has 0 aromatic heterocycles. The van der Waals surface area contributed by atoms with Gasteiger partial charge in [-0.3, -0.25) is 4.79 Å². The lowest BCUT2D eigenvalue weighted by Crippen LogP contribution is -2.42. The molecule has 4 rings (SSSR count). The van der Waals surface area contributed by atoms with Crippen LogP contribution in [0.3, 0.4) is 0 Å². The molecule has 0 aliphatic heterocycles. The lowest BCUT2D eigenvalue weighted by Gasteiger charge is -2.25. The van der Waals surface area contributed by atoms with Crippen molar-refractivity contribution in [3.8, 4) is 11.1 Å². The minimum atomic E-state index is -0.866. The predicted octanol–water partition coefficient (Wildman–Crippen LogP) is 7.04. The molecule has 0 bridgehead atoms. The molecule has 46 heavy (non-hydrogen) atoms. The maximum absolute atomic E-state index is 13.7. The van der Waals surface area contributed by atoms with Crippen molar-refractivity contribution < 1.29 is 23.9 Å². The van der Waals surface area contributed by atoms with Crippen LogP contribution in [0.4, 0.5) is 4.79 Å². The van der Waals surface area contributed by atoms with Crippen LogP contribution in [-0.4, -0.2) is 56.2 Å². The van der Waals surface area contributed by atoms with Gasteiger partial charge in [0, 0.05) is 18.7 Å². The zero-order chi connectivity index (χ0) is 32.7. The van der Waals surface area contributed by atoms with Crippen molar-refractivity contribution >= 4 is 18.0 Å². The Hall–Kier alpha value is -4.17. The topological polar surface area (TPSA) is 97.0 Å². The van der Waals surface area contributed by atoms with E-state index in [4.69, 9.17) is 9.47 Å². The quantitative estimate of drug-likeness (QED) is 0.139. The smallest absolute Gasteiger partial charge is 0.407 e. The monoisotopic (exact) mass is 627 g/mol. The molecule has 1 atom stereocenters. The van der Waals surface area contributed by atoms with Gasteiger partial charge in [0.25, 0.3) is 5.91 Å². The standard InChI is InChI=1S/C38H49N3O5/c1-28-13-10-11-18-32(28)34-25-31(26-41(2)24-22-29-14-6-4-7-15-29)20-21-33(34)36(42)40-35(37(43)45-3)19-12-23-39-38(44)46-27-30-16-8-5-9-17-30/h5,8-11,13,16-18,20-21,25,29,35H,4,6-7,12,14-15,19,22-24,26-27H2,1-3H3,(H,39,44)(H,40,42)/t35-/m0/s1. The molecule has 0 heterocycles. The number of benzene rings is 3. The Morgan fingerprint density at radius 1 is 0.913 bits per heavy atom. The molecule has 0 radical (unpaired) electrons. The van der Waals surface area contributed by atoms with Gasteiger partial charge in [0.05, 0.1) is 7.11 Å². The van der Waals surface area contributed by atoms with Gasteiger partial charge in [-0.05, 0) is 85.6 Å². The van der Waals surface area contributed by atoms with Crippen LogP contribution in [-0.2, 0) is 27.4 Å². The summed E-state index contributed by atoms with van der Waals surface area (Å²) in [4.78, 5) is 40.9. The highest BCUT2D eigenvalue weighted by molar-refractivity contribution is 6.03. The third kappa shape index (κ3) is 10.7. The van der Waals surface area contributed by atoms with Gasteiger partial charge in [-0.15, -0.1) is 0 Å². The molecule has 8 nitrogen and oxygen atoms in total. The number of amides is 2. The Kier molecular flexibility index (Phi) is 13.6. The number of esters is 1. The van der Waals surface area contributed by atoms with Crippen LogP contribution in [0.2, 0.25) is 0 Å². The molecule has 3 aromatic rings. The zero-order valence-electron chi connectivity index (χ0n) is 27.6. The third-order valence-corrected chi connectivity index (χ3v) is 8.80. The fourth-order valence-electron chi connectivity index (χ4n) is 6.15. The maximum atomic E-state index is 13.7. The summed E-state index contributed by atoms with van der Waals surface area (Å²) >= 11 is 0. The van der Waals surface area contributed by atoms with Crippen LogP contribution in [0.5, 0.6) is 0 Å². The van der Waals surface area contributed by atoms with Crippen molar-refractivity contribution in [3.63, 3.8) is 0 Å². The molecule has 1 fully saturated rings. The number of nitrogens with zero attached hydrogens (tertiary/aromatic N) is 1. The second-order valence-electron chi connectivity index (χ2n) is 12.4. The van der Waals surface area contributed by atoms with Crippen LogP contribution in [0.15, 0.2) is 72.8 Å². The number of nitrogens with one attached hydrogen (secondary N) is 2. The number of carbonyl (C=O) groups excluding carboxylic acids is 3. The molecule has 1 aliphatic rings. The van der Waals surface area contributed by atoms with Crippen molar-refractivity contribution in [2.45, 2.75) is 77.5 Å². The third-order valence-electron chi connectivity index (χ3n) is 8.80. The highest BCUT2D eigenvalue weighted by atomic mass is 16.5. The number of methoxy groups -OCH3 is 1. The predicted molar refractivity (Wildman–Crippen MR) is 181 cm³/mol. The average Bonchev–Trinajstić information content (AvgIpc) is 3.08. The van der Waals surface area contributed by atoms with E-state index >= 15 is 0 Å². The Labute approximate surface area is 273 Å². The lowest BCUT2D eigenvalue weighted by atomic mass is 9.87. The second kappa shape index (κ2) is 18.1. The Morgan fingerprint density at radius 3 is 2.39 bits per heavy atom. The van der Waals surface area contributed by atoms with Crippen LogP contribution in [0.25, 0.3) is 11.1 Å². The molecule has 0 saturated heterocycles. The molecule has 246 valence electrons. The van der Waals surface area contributed by atoms with E-state index in [1.165, 1.54) is 45.6 Å². The van der Waals surface area contributed by atoms with Crippen molar-refractivity contribution in [2.75, 3.05) is 27.2 Å². The number of rotatable bonds is 15. The summed E-state index contributed by atoms with van der Waals surface area (Å²) in [7, 11) is 3.47. The van der Waals surface area contributed by atoms with Crippen molar-refractivity contribution in [1.29, 1.82) is 0 Å². The van der Waals surface area contributed by atoms with Crippen molar-refractivity contribution in [1.82, 2.24) is 15.5 Å². The summed E-state index contributed by atoms with van der Waals surface area (Å²) in [5.41, 5.74) is 5.41. The molecule has 8 heteroatoms. The van der Waals surface area contributed by atoms with Gasteiger partial charge < -0.3 is 25.0 Å². The summed E-state index contributed by atoms with van der Waals surface area (Å²) in [6.45, 7) is 4.34. The van der Waals surface area contributed by atoms with Gasteiger partial charge in [0.15, 0.2) is 0 Å². The van der Waals surface area contributed by atoms with E-state index in [0.29, 0.717) is 18.4 Å². The molecular weight excluding hydrogens is 578 g/mol. The Morgan fingerprint density at radius 2 is 1.65 bits per heavy atom. The molecule has 0 spiro atoms. The first kappa shape index (κ1) is 34.7. The number of carbonyl (C=O) groups is 3. The first-order valence-electron chi connectivity index (χ1n) is 16.5. The van der Waals surface area contributed by atoms with E-state index in [-0.39, 0.29) is 19.1 Å². The van der Waals surface area contributed by atoms with E-state index in [1.54, 1.807) is 0 Å². The van der Waals surface area contributed by atoms with E-state index in [1.807, 2.05) is 73.7 Å². The number of hydrogen-bond acceptors (Lipinski definition) is 6. The van der Waals surface area contributed by atoms with Crippen LogP contribution in [0.1, 0.15) is 78.4 Å². The van der Waals surface area contributed by atoms with Gasteiger partial charge in [-0.25, -0.2) is 9.59 Å². The molecular formula is C38H49N3O5. The van der Waals surface area contributed by atoms with Crippen LogP contribution < -0.4 is 10.6 Å². The fraction of sp³-hybridized carbons (Fsp3) is 0.447. The van der Waals surface area contributed by atoms with Gasteiger partial charge in [-0.2, -0.15) is 0 Å². The Balaban J connectivity index is 1.38. The first-order valence-corrected chi connectivity index (χ1v) is 16.5. The fourth-order valence-corrected chi connectivity index (χ4v) is 6.15. The van der Waals surface area contributed by atoms with Crippen molar-refractivity contribution in [3.05, 3.63) is 95.1 Å². The van der Waals surface area contributed by atoms with E-state index in [9.17, 15) is 14.4 Å². The number of alkyl carbamates (subject to hydrolysis) is 1. The normalized spacial score (nSPS) is 14.0. The summed E-state index contributed by atoms with van der Waals surface area (Å²) in [6.07, 6.45) is 8.20. The van der Waals surface area contributed by atoms with Crippen molar-refractivity contribution in [2.24, 2.45) is 5.92 Å². The molecule has 3 aromatic carbocycles. The highest BCUT2D eigenvalue weighted by Crippen LogP contribution is 2.30. The molecule has 0 unspecified atom stereocenters. The minimum Gasteiger partial charge on any atom is -0.467 e. The average molecular weight is 628 g/mol. The summed E-state index contributed by atoms with van der Waals surface area (Å²) in [5, 5.41) is 5.60. The molecule has 1 saturated carbocycles. The number of ether oxygens (including phenoxy) is 2.